The highest BCUT2D eigenvalue weighted by Crippen LogP contribution is 2.33. The Labute approximate surface area is 146 Å². The van der Waals surface area contributed by atoms with Crippen LogP contribution in [0.3, 0.4) is 0 Å². The van der Waals surface area contributed by atoms with Crippen LogP contribution in [0.15, 0.2) is 18.7 Å². The molecule has 1 heterocycles. The highest BCUT2D eigenvalue weighted by atomic mass is 35.5. The van der Waals surface area contributed by atoms with Crippen molar-refractivity contribution < 1.29 is 17.6 Å². The summed E-state index contributed by atoms with van der Waals surface area (Å²) in [5.41, 5.74) is -0.483. The summed E-state index contributed by atoms with van der Waals surface area (Å²) in [6.45, 7) is 6.18. The highest BCUT2D eigenvalue weighted by Gasteiger charge is 2.30. The summed E-state index contributed by atoms with van der Waals surface area (Å²) < 4.78 is 55.5. The molecular weight excluding hydrogens is 344 g/mol. The lowest BCUT2D eigenvalue weighted by Crippen LogP contribution is -2.45. The van der Waals surface area contributed by atoms with Crippen molar-refractivity contribution in [2.75, 3.05) is 26.2 Å². The molecule has 0 saturated carbocycles. The average Bonchev–Trinajstić information content (AvgIpc) is 2.56. The molecule has 0 amide bonds. The number of hydrogen-bond donors (Lipinski definition) is 1. The number of nitrogens with one attached hydrogen (secondary N) is 1. The van der Waals surface area contributed by atoms with Crippen LogP contribution >= 0.6 is 12.4 Å². The molecule has 1 aromatic rings. The van der Waals surface area contributed by atoms with Crippen LogP contribution in [0.25, 0.3) is 0 Å². The van der Waals surface area contributed by atoms with E-state index in [4.69, 9.17) is 0 Å². The molecule has 0 unspecified atom stereocenters. The largest absolute Gasteiger partial charge is 0.314 e. The molecule has 136 valence electrons. The van der Waals surface area contributed by atoms with Gasteiger partial charge in [0.2, 0.25) is 0 Å². The van der Waals surface area contributed by atoms with Crippen LogP contribution < -0.4 is 5.32 Å². The van der Waals surface area contributed by atoms with E-state index in [0.29, 0.717) is 39.0 Å². The zero-order valence-electron chi connectivity index (χ0n) is 13.5. The minimum atomic E-state index is -1.34. The van der Waals surface area contributed by atoms with E-state index in [1.807, 2.05) is 4.90 Å². The lowest BCUT2D eigenvalue weighted by Gasteiger charge is -2.35. The van der Waals surface area contributed by atoms with Gasteiger partial charge in [-0.1, -0.05) is 12.5 Å². The molecule has 0 bridgehead atoms. The maximum atomic E-state index is 14.2. The molecule has 7 heteroatoms. The smallest absolute Gasteiger partial charge is 0.166 e. The first-order valence-corrected chi connectivity index (χ1v) is 7.94. The second kappa shape index (κ2) is 10.0. The Kier molecular flexibility index (Phi) is 8.73. The van der Waals surface area contributed by atoms with Gasteiger partial charge in [-0.25, -0.2) is 17.6 Å². The fourth-order valence-corrected chi connectivity index (χ4v) is 3.01. The van der Waals surface area contributed by atoms with Crippen LogP contribution in [0, 0.1) is 23.3 Å². The van der Waals surface area contributed by atoms with Crippen molar-refractivity contribution in [3.05, 3.63) is 47.6 Å². The molecule has 0 radical (unpaired) electrons. The zero-order chi connectivity index (χ0) is 16.8. The van der Waals surface area contributed by atoms with Crippen molar-refractivity contribution in [3.63, 3.8) is 0 Å². The first-order valence-electron chi connectivity index (χ1n) is 7.94. The van der Waals surface area contributed by atoms with E-state index >= 15 is 0 Å². The molecule has 1 aliphatic heterocycles. The second-order valence-corrected chi connectivity index (χ2v) is 5.76. The molecule has 24 heavy (non-hydrogen) atoms. The summed E-state index contributed by atoms with van der Waals surface area (Å²) in [6, 6.07) is -0.395. The van der Waals surface area contributed by atoms with E-state index in [-0.39, 0.29) is 18.5 Å². The molecule has 0 aliphatic carbocycles. The first kappa shape index (κ1) is 20.9. The second-order valence-electron chi connectivity index (χ2n) is 5.76. The van der Waals surface area contributed by atoms with Crippen molar-refractivity contribution in [3.8, 4) is 0 Å². The summed E-state index contributed by atoms with van der Waals surface area (Å²) >= 11 is 0. The van der Waals surface area contributed by atoms with Crippen LogP contribution in [0.4, 0.5) is 17.6 Å². The molecule has 0 spiro atoms. The van der Waals surface area contributed by atoms with Crippen LogP contribution in [-0.2, 0) is 0 Å². The molecule has 0 aromatic heterocycles. The fraction of sp³-hybridized carbons (Fsp3) is 0.529. The minimum absolute atomic E-state index is 0. The van der Waals surface area contributed by atoms with Crippen LogP contribution in [-0.4, -0.2) is 31.1 Å². The molecule has 2 nitrogen and oxygen atoms in total. The summed E-state index contributed by atoms with van der Waals surface area (Å²) in [6.07, 6.45) is 4.56. The fourth-order valence-electron chi connectivity index (χ4n) is 3.01. The monoisotopic (exact) mass is 366 g/mol. The molecule has 2 rings (SSSR count). The maximum Gasteiger partial charge on any atom is 0.166 e. The molecule has 1 fully saturated rings. The first-order chi connectivity index (χ1) is 11.1. The van der Waals surface area contributed by atoms with E-state index in [1.165, 1.54) is 0 Å². The quantitative estimate of drug-likeness (QED) is 0.334. The highest BCUT2D eigenvalue weighted by molar-refractivity contribution is 5.85. The van der Waals surface area contributed by atoms with Gasteiger partial charge in [-0.05, 0) is 19.3 Å². The van der Waals surface area contributed by atoms with Crippen LogP contribution in [0.2, 0.25) is 0 Å². The summed E-state index contributed by atoms with van der Waals surface area (Å²) in [5, 5.41) is 3.16. The molecule has 1 N–H and O–H groups in total. The molecule has 1 saturated heterocycles. The Morgan fingerprint density at radius 1 is 1.08 bits per heavy atom. The number of unbranched alkanes of at least 4 members (excludes halogenated alkanes) is 2. The normalized spacial score (nSPS) is 16.5. The maximum absolute atomic E-state index is 14.2. The third-order valence-corrected chi connectivity index (χ3v) is 4.21. The van der Waals surface area contributed by atoms with Crippen molar-refractivity contribution in [1.29, 1.82) is 0 Å². The van der Waals surface area contributed by atoms with Gasteiger partial charge in [0, 0.05) is 43.9 Å². The summed E-state index contributed by atoms with van der Waals surface area (Å²) in [7, 11) is 0. The third kappa shape index (κ3) is 4.94. The summed E-state index contributed by atoms with van der Waals surface area (Å²) in [4.78, 5) is 1.89. The van der Waals surface area contributed by atoms with Crippen LogP contribution in [0.1, 0.15) is 37.3 Å². The minimum Gasteiger partial charge on any atom is -0.314 e. The van der Waals surface area contributed by atoms with Crippen molar-refractivity contribution in [2.24, 2.45) is 0 Å². The predicted octanol–water partition coefficient (Wildman–Crippen LogP) is 4.36. The number of rotatable bonds is 7. The van der Waals surface area contributed by atoms with E-state index < -0.39 is 34.9 Å². The van der Waals surface area contributed by atoms with Gasteiger partial charge in [0.15, 0.2) is 23.3 Å². The Balaban J connectivity index is 0.00000288. The van der Waals surface area contributed by atoms with Gasteiger partial charge in [0.25, 0.3) is 0 Å². The van der Waals surface area contributed by atoms with Gasteiger partial charge < -0.3 is 5.32 Å². The number of nitrogens with zero attached hydrogens (tertiary/aromatic N) is 1. The number of benzene rings is 1. The topological polar surface area (TPSA) is 15.3 Å². The number of hydrogen-bond acceptors (Lipinski definition) is 2. The van der Waals surface area contributed by atoms with Gasteiger partial charge in [0.1, 0.15) is 0 Å². The van der Waals surface area contributed by atoms with Crippen LogP contribution in [0.5, 0.6) is 0 Å². The molecule has 1 aliphatic rings. The number of halogens is 5. The van der Waals surface area contributed by atoms with Gasteiger partial charge in [0.05, 0.1) is 0 Å². The zero-order valence-corrected chi connectivity index (χ0v) is 14.3. The Morgan fingerprint density at radius 3 is 2.21 bits per heavy atom. The molecule has 1 aromatic carbocycles. The Hall–Kier alpha value is -1.11. The molecule has 1 atom stereocenters. The molecular formula is C17H23ClF4N2. The lowest BCUT2D eigenvalue weighted by molar-refractivity contribution is 0.154. The predicted molar refractivity (Wildman–Crippen MR) is 89.4 cm³/mol. The van der Waals surface area contributed by atoms with Crippen molar-refractivity contribution in [2.45, 2.75) is 31.7 Å². The Bertz CT molecular complexity index is 522. The Morgan fingerprint density at radius 2 is 1.67 bits per heavy atom. The average molecular weight is 367 g/mol. The van der Waals surface area contributed by atoms with E-state index in [0.717, 1.165) is 12.8 Å². The van der Waals surface area contributed by atoms with E-state index in [2.05, 4.69) is 11.9 Å². The van der Waals surface area contributed by atoms with Gasteiger partial charge in [-0.3, -0.25) is 4.90 Å². The third-order valence-electron chi connectivity index (χ3n) is 4.21. The van der Waals surface area contributed by atoms with Crippen molar-refractivity contribution >= 4 is 12.4 Å². The standard InChI is InChI=1S/C17H22F4N2.ClH/c1-2-3-4-5-6-14(23-9-7-22-8-10-23)15-16(20)12(18)11-13(19)17(15)21;/h2,11,14,22H,1,3-10H2;1H/t14-;/m0./s1. The lowest BCUT2D eigenvalue weighted by atomic mass is 9.96. The summed E-state index contributed by atoms with van der Waals surface area (Å²) in [5.74, 6) is -5.25. The van der Waals surface area contributed by atoms with E-state index in [1.54, 1.807) is 6.08 Å². The van der Waals surface area contributed by atoms with Crippen molar-refractivity contribution in [1.82, 2.24) is 10.2 Å². The number of piperazine rings is 1. The van der Waals surface area contributed by atoms with Gasteiger partial charge in [-0.15, -0.1) is 19.0 Å². The van der Waals surface area contributed by atoms with Gasteiger partial charge in [-0.2, -0.15) is 0 Å². The van der Waals surface area contributed by atoms with E-state index in [9.17, 15) is 17.6 Å². The number of allylic oxidation sites excluding steroid dienone is 1. The SMILES string of the molecule is C=CCCCC[C@@H](c1c(F)c(F)cc(F)c1F)N1CCNCC1.Cl. The van der Waals surface area contributed by atoms with Gasteiger partial charge >= 0.3 is 0 Å².